The number of hydrogen-bond acceptors (Lipinski definition) is 3. The number of aromatic nitrogens is 2. The number of fused-ring (bicyclic) bond motifs is 1. The van der Waals surface area contributed by atoms with Crippen molar-refractivity contribution in [3.8, 4) is 0 Å². The van der Waals surface area contributed by atoms with E-state index in [-0.39, 0.29) is 20.4 Å². The molecular formula is C12H12N3ReS2-. The molecule has 1 unspecified atom stereocenters. The predicted octanol–water partition coefficient (Wildman–Crippen LogP) is 4.16. The predicted molar refractivity (Wildman–Crippen MR) is 74.2 cm³/mol. The maximum atomic E-state index is 4.65. The fraction of sp³-hybridized carbons (Fsp3) is 0.417. The third-order valence-corrected chi connectivity index (χ3v) is 5.37. The van der Waals surface area contributed by atoms with E-state index in [0.717, 1.165) is 29.8 Å². The number of nitrogens with one attached hydrogen (secondary N) is 1. The summed E-state index contributed by atoms with van der Waals surface area (Å²) in [6, 6.07) is 6.85. The molecule has 0 aliphatic carbocycles. The molecule has 18 heavy (non-hydrogen) atoms. The minimum atomic E-state index is 0. The fourth-order valence-electron chi connectivity index (χ4n) is 2.34. The van der Waals surface area contributed by atoms with Crippen molar-refractivity contribution in [1.82, 2.24) is 9.97 Å². The molecule has 0 saturated carbocycles. The van der Waals surface area contributed by atoms with Crippen LogP contribution in [0.2, 0.25) is 0 Å². The van der Waals surface area contributed by atoms with E-state index >= 15 is 0 Å². The first-order valence-corrected chi connectivity index (χ1v) is 8.16. The smallest absolute Gasteiger partial charge is 0.0960 e. The SMILES string of the molecule is [Re].c1cc2nc(C3CCC[N-]3)[nH]c2cc1C1SS1. The molecule has 2 aliphatic heterocycles. The first-order chi connectivity index (χ1) is 8.40. The summed E-state index contributed by atoms with van der Waals surface area (Å²) >= 11 is 0. The number of rotatable bonds is 2. The van der Waals surface area contributed by atoms with Crippen LogP contribution in [0.3, 0.4) is 0 Å². The maximum absolute atomic E-state index is 4.65. The molecule has 1 radical (unpaired) electrons. The van der Waals surface area contributed by atoms with Gasteiger partial charge in [-0.15, -0.1) is 6.54 Å². The number of imidazole rings is 1. The van der Waals surface area contributed by atoms with Crippen molar-refractivity contribution in [3.63, 3.8) is 0 Å². The zero-order valence-corrected chi connectivity index (χ0v) is 13.9. The van der Waals surface area contributed by atoms with Crippen LogP contribution in [-0.2, 0) is 20.4 Å². The second-order valence-corrected chi connectivity index (χ2v) is 7.27. The molecule has 3 nitrogen and oxygen atoms in total. The summed E-state index contributed by atoms with van der Waals surface area (Å²) in [4.78, 5) is 8.09. The van der Waals surface area contributed by atoms with Gasteiger partial charge in [-0.2, -0.15) is 0 Å². The first kappa shape index (κ1) is 13.0. The number of H-pyrrole nitrogens is 1. The molecule has 2 aromatic rings. The molecule has 0 bridgehead atoms. The average molecular weight is 449 g/mol. The Hall–Kier alpha value is 0.0123. The fourth-order valence-corrected chi connectivity index (χ4v) is 3.74. The van der Waals surface area contributed by atoms with Gasteiger partial charge < -0.3 is 10.3 Å². The van der Waals surface area contributed by atoms with E-state index in [1.807, 2.05) is 21.6 Å². The summed E-state index contributed by atoms with van der Waals surface area (Å²) in [6.07, 6.45) is 2.34. The number of nitrogens with zero attached hydrogens (tertiary/aromatic N) is 2. The Bertz CT molecular complexity index is 561. The molecule has 1 aromatic heterocycles. The normalized spacial score (nSPS) is 23.2. The molecule has 2 saturated heterocycles. The van der Waals surface area contributed by atoms with Crippen LogP contribution in [0, 0.1) is 0 Å². The molecule has 1 aromatic carbocycles. The van der Waals surface area contributed by atoms with Crippen molar-refractivity contribution in [2.45, 2.75) is 23.5 Å². The van der Waals surface area contributed by atoms with Crippen molar-refractivity contribution in [1.29, 1.82) is 0 Å². The van der Waals surface area contributed by atoms with Gasteiger partial charge in [-0.1, -0.05) is 46.5 Å². The van der Waals surface area contributed by atoms with E-state index in [1.54, 1.807) is 0 Å². The van der Waals surface area contributed by atoms with Gasteiger partial charge in [-0.25, -0.2) is 4.98 Å². The van der Waals surface area contributed by atoms with Crippen LogP contribution in [0.1, 0.15) is 34.9 Å². The van der Waals surface area contributed by atoms with Gasteiger partial charge in [-0.05, 0) is 17.7 Å². The van der Waals surface area contributed by atoms with Gasteiger partial charge in [-0.3, -0.25) is 0 Å². The summed E-state index contributed by atoms with van der Waals surface area (Å²) in [7, 11) is 3.85. The van der Waals surface area contributed by atoms with E-state index in [9.17, 15) is 0 Å². The van der Waals surface area contributed by atoms with E-state index in [4.69, 9.17) is 0 Å². The average Bonchev–Trinajstić information content (AvgIpc) is 2.92. The van der Waals surface area contributed by atoms with Crippen LogP contribution < -0.4 is 0 Å². The van der Waals surface area contributed by atoms with Crippen LogP contribution in [-0.4, -0.2) is 16.5 Å². The van der Waals surface area contributed by atoms with Gasteiger partial charge in [0.1, 0.15) is 0 Å². The van der Waals surface area contributed by atoms with Crippen molar-refractivity contribution in [3.05, 3.63) is 34.9 Å². The third kappa shape index (κ3) is 2.37. The summed E-state index contributed by atoms with van der Waals surface area (Å²) in [6.45, 7) is 0.988. The molecule has 1 atom stereocenters. The monoisotopic (exact) mass is 449 g/mol. The summed E-state index contributed by atoms with van der Waals surface area (Å²) in [5.41, 5.74) is 3.63. The summed E-state index contributed by atoms with van der Waals surface area (Å²) < 4.78 is 0.641. The zero-order valence-electron chi connectivity index (χ0n) is 9.60. The Kier molecular flexibility index (Phi) is 3.75. The van der Waals surface area contributed by atoms with E-state index in [0.29, 0.717) is 10.6 Å². The Morgan fingerprint density at radius 1 is 1.33 bits per heavy atom. The molecule has 6 heteroatoms. The minimum Gasteiger partial charge on any atom is -0.653 e. The third-order valence-electron chi connectivity index (χ3n) is 3.29. The van der Waals surface area contributed by atoms with Gasteiger partial charge in [0.2, 0.25) is 0 Å². The first-order valence-electron chi connectivity index (χ1n) is 5.88. The molecule has 4 rings (SSSR count). The van der Waals surface area contributed by atoms with Crippen molar-refractivity contribution in [2.75, 3.05) is 6.54 Å². The quantitative estimate of drug-likeness (QED) is 0.554. The Morgan fingerprint density at radius 3 is 2.94 bits per heavy atom. The number of aromatic amines is 1. The van der Waals surface area contributed by atoms with Crippen LogP contribution in [0.5, 0.6) is 0 Å². The second kappa shape index (κ2) is 5.18. The van der Waals surface area contributed by atoms with Crippen molar-refractivity contribution < 1.29 is 20.4 Å². The molecule has 3 heterocycles. The topological polar surface area (TPSA) is 42.8 Å². The van der Waals surface area contributed by atoms with Gasteiger partial charge in [0, 0.05) is 20.4 Å². The van der Waals surface area contributed by atoms with Crippen LogP contribution in [0.15, 0.2) is 18.2 Å². The Morgan fingerprint density at radius 2 is 2.22 bits per heavy atom. The molecule has 1 N–H and O–H groups in total. The number of benzene rings is 1. The van der Waals surface area contributed by atoms with Crippen molar-refractivity contribution in [2.24, 2.45) is 0 Å². The molecule has 2 fully saturated rings. The largest absolute Gasteiger partial charge is 0.653 e. The zero-order chi connectivity index (χ0) is 11.2. The second-order valence-electron chi connectivity index (χ2n) is 4.49. The van der Waals surface area contributed by atoms with Gasteiger partial charge in [0.15, 0.2) is 0 Å². The van der Waals surface area contributed by atoms with E-state index in [1.165, 1.54) is 12.0 Å². The van der Waals surface area contributed by atoms with Gasteiger partial charge >= 0.3 is 0 Å². The summed E-state index contributed by atoms with van der Waals surface area (Å²) in [5.74, 6) is 1.05. The minimum absolute atomic E-state index is 0. The maximum Gasteiger partial charge on any atom is 0.0960 e. The standard InChI is InChI=1S/C12H12N3S2.Re/c1-2-9(13-5-1)11-14-8-4-3-7(12-16-17-12)6-10(8)15-11;/h3-4,6,9,12H,1-2,5H2,(H,14,15);/q-1;. The Balaban J connectivity index is 0.000001000. The van der Waals surface area contributed by atoms with Crippen LogP contribution in [0.4, 0.5) is 0 Å². The van der Waals surface area contributed by atoms with E-state index < -0.39 is 0 Å². The van der Waals surface area contributed by atoms with Gasteiger partial charge in [0.25, 0.3) is 0 Å². The molecular weight excluding hydrogens is 436 g/mol. The Labute approximate surface area is 127 Å². The van der Waals surface area contributed by atoms with Crippen LogP contribution in [0.25, 0.3) is 16.4 Å². The van der Waals surface area contributed by atoms with E-state index in [2.05, 4.69) is 33.5 Å². The molecule has 2 aliphatic rings. The molecule has 0 amide bonds. The molecule has 0 spiro atoms. The van der Waals surface area contributed by atoms with Crippen molar-refractivity contribution >= 4 is 32.6 Å². The van der Waals surface area contributed by atoms with Crippen LogP contribution >= 0.6 is 21.6 Å². The molecule has 95 valence electrons. The summed E-state index contributed by atoms with van der Waals surface area (Å²) in [5, 5.41) is 4.57. The number of hydrogen-bond donors (Lipinski definition) is 1. The van der Waals surface area contributed by atoms with Gasteiger partial charge in [0.05, 0.1) is 21.4 Å².